The monoisotopic (exact) mass is 423 g/mol. The van der Waals surface area contributed by atoms with E-state index < -0.39 is 6.04 Å². The SMILES string of the molecule is COc1cc(OC)cc(C(NC(=O)COc2ccc(C(C)=O)cc2)c2nccn2C)c1. The number of nitrogens with one attached hydrogen (secondary N) is 1. The van der Waals surface area contributed by atoms with Gasteiger partial charge in [0, 0.05) is 31.1 Å². The quantitative estimate of drug-likeness (QED) is 0.532. The molecule has 0 fully saturated rings. The summed E-state index contributed by atoms with van der Waals surface area (Å²) >= 11 is 0. The summed E-state index contributed by atoms with van der Waals surface area (Å²) in [6.45, 7) is 1.30. The van der Waals surface area contributed by atoms with Crippen molar-refractivity contribution < 1.29 is 23.8 Å². The van der Waals surface area contributed by atoms with Crippen molar-refractivity contribution >= 4 is 11.7 Å². The summed E-state index contributed by atoms with van der Waals surface area (Å²) in [4.78, 5) is 28.5. The Hall–Kier alpha value is -3.81. The molecule has 1 atom stereocenters. The van der Waals surface area contributed by atoms with Gasteiger partial charge < -0.3 is 24.1 Å². The molecule has 8 heteroatoms. The van der Waals surface area contributed by atoms with Crippen LogP contribution >= 0.6 is 0 Å². The van der Waals surface area contributed by atoms with Gasteiger partial charge >= 0.3 is 0 Å². The van der Waals surface area contributed by atoms with Crippen molar-refractivity contribution in [3.05, 3.63) is 71.8 Å². The van der Waals surface area contributed by atoms with Crippen LogP contribution in [0.25, 0.3) is 0 Å². The average molecular weight is 423 g/mol. The van der Waals surface area contributed by atoms with Crippen LogP contribution in [0.5, 0.6) is 17.2 Å². The van der Waals surface area contributed by atoms with Gasteiger partial charge in [0.05, 0.1) is 14.2 Å². The molecule has 8 nitrogen and oxygen atoms in total. The van der Waals surface area contributed by atoms with Gasteiger partial charge in [0.15, 0.2) is 12.4 Å². The van der Waals surface area contributed by atoms with Gasteiger partial charge in [-0.15, -0.1) is 0 Å². The molecule has 0 saturated heterocycles. The number of aromatic nitrogens is 2. The van der Waals surface area contributed by atoms with Gasteiger partial charge in [-0.05, 0) is 48.9 Å². The number of benzene rings is 2. The number of amides is 1. The van der Waals surface area contributed by atoms with Crippen LogP contribution in [0.4, 0.5) is 0 Å². The van der Waals surface area contributed by atoms with Crippen LogP contribution in [0, 0.1) is 0 Å². The zero-order valence-corrected chi connectivity index (χ0v) is 17.9. The maximum absolute atomic E-state index is 12.7. The highest BCUT2D eigenvalue weighted by molar-refractivity contribution is 5.94. The second kappa shape index (κ2) is 9.80. The number of ketones is 1. The highest BCUT2D eigenvalue weighted by atomic mass is 16.5. The zero-order chi connectivity index (χ0) is 22.4. The van der Waals surface area contributed by atoms with Gasteiger partial charge in [0.2, 0.25) is 0 Å². The molecule has 162 valence electrons. The Morgan fingerprint density at radius 2 is 1.68 bits per heavy atom. The molecule has 1 N–H and O–H groups in total. The number of Topliss-reactive ketones (excluding diaryl/α,β-unsaturated/α-hetero) is 1. The zero-order valence-electron chi connectivity index (χ0n) is 17.9. The second-order valence-corrected chi connectivity index (χ2v) is 6.91. The molecule has 3 aromatic rings. The maximum atomic E-state index is 12.7. The van der Waals surface area contributed by atoms with E-state index in [1.807, 2.05) is 23.7 Å². The van der Waals surface area contributed by atoms with Crippen molar-refractivity contribution in [2.24, 2.45) is 7.05 Å². The first kappa shape index (κ1) is 21.9. The molecule has 1 amide bonds. The van der Waals surface area contributed by atoms with Crippen molar-refractivity contribution in [1.82, 2.24) is 14.9 Å². The standard InChI is InChI=1S/C23H25N3O5/c1-15(27)16-5-7-18(8-6-16)31-14-21(28)25-22(23-24-9-10-26(23)2)17-11-19(29-3)13-20(12-17)30-4/h5-13,22H,14H2,1-4H3,(H,25,28). The van der Waals surface area contributed by atoms with Crippen molar-refractivity contribution in [3.8, 4) is 17.2 Å². The number of imidazole rings is 1. The van der Waals surface area contributed by atoms with Crippen LogP contribution in [0.15, 0.2) is 54.9 Å². The van der Waals surface area contributed by atoms with E-state index in [0.717, 1.165) is 5.56 Å². The molecule has 0 aliphatic heterocycles. The highest BCUT2D eigenvalue weighted by Gasteiger charge is 2.22. The number of aryl methyl sites for hydroxylation is 1. The summed E-state index contributed by atoms with van der Waals surface area (Å²) in [6, 6.07) is 11.5. The van der Waals surface area contributed by atoms with E-state index in [4.69, 9.17) is 14.2 Å². The number of hydrogen-bond donors (Lipinski definition) is 1. The Labute approximate surface area is 180 Å². The van der Waals surface area contributed by atoms with Gasteiger partial charge in [-0.25, -0.2) is 4.98 Å². The van der Waals surface area contributed by atoms with Gasteiger partial charge in [-0.3, -0.25) is 9.59 Å². The van der Waals surface area contributed by atoms with E-state index in [1.165, 1.54) is 6.92 Å². The molecule has 1 aromatic heterocycles. The lowest BCUT2D eigenvalue weighted by Gasteiger charge is -2.20. The van der Waals surface area contributed by atoms with Crippen LogP contribution in [0.2, 0.25) is 0 Å². The first-order valence-electron chi connectivity index (χ1n) is 9.64. The molecule has 0 aliphatic rings. The Kier molecular flexibility index (Phi) is 6.92. The number of carbonyl (C=O) groups excluding carboxylic acids is 2. The van der Waals surface area contributed by atoms with Crippen LogP contribution in [0.1, 0.15) is 34.7 Å². The summed E-state index contributed by atoms with van der Waals surface area (Å²) in [7, 11) is 4.99. The minimum atomic E-state index is -0.541. The lowest BCUT2D eigenvalue weighted by atomic mass is 10.0. The molecule has 1 heterocycles. The lowest BCUT2D eigenvalue weighted by molar-refractivity contribution is -0.123. The van der Waals surface area contributed by atoms with Gasteiger partial charge in [0.25, 0.3) is 5.91 Å². The molecule has 2 aromatic carbocycles. The fourth-order valence-corrected chi connectivity index (χ4v) is 3.09. The van der Waals surface area contributed by atoms with Crippen molar-refractivity contribution in [1.29, 1.82) is 0 Å². The first-order valence-corrected chi connectivity index (χ1v) is 9.64. The fraction of sp³-hybridized carbons (Fsp3) is 0.261. The normalized spacial score (nSPS) is 11.5. The third-order valence-corrected chi connectivity index (χ3v) is 4.76. The molecule has 0 saturated carbocycles. The minimum Gasteiger partial charge on any atom is -0.497 e. The van der Waals surface area contributed by atoms with E-state index in [2.05, 4.69) is 10.3 Å². The smallest absolute Gasteiger partial charge is 0.258 e. The van der Waals surface area contributed by atoms with E-state index in [9.17, 15) is 9.59 Å². The van der Waals surface area contributed by atoms with E-state index in [-0.39, 0.29) is 18.3 Å². The highest BCUT2D eigenvalue weighted by Crippen LogP contribution is 2.29. The largest absolute Gasteiger partial charge is 0.497 e. The molecule has 31 heavy (non-hydrogen) atoms. The van der Waals surface area contributed by atoms with E-state index in [1.54, 1.807) is 56.9 Å². The summed E-state index contributed by atoms with van der Waals surface area (Å²) in [6.07, 6.45) is 3.47. The first-order chi connectivity index (χ1) is 14.9. The lowest BCUT2D eigenvalue weighted by Crippen LogP contribution is -2.34. The Morgan fingerprint density at radius 1 is 1.03 bits per heavy atom. The Morgan fingerprint density at radius 3 is 2.19 bits per heavy atom. The second-order valence-electron chi connectivity index (χ2n) is 6.91. The molecule has 1 unspecified atom stereocenters. The summed E-state index contributed by atoms with van der Waals surface area (Å²) < 4.78 is 18.1. The Balaban J connectivity index is 1.79. The summed E-state index contributed by atoms with van der Waals surface area (Å²) in [5.74, 6) is 1.99. The average Bonchev–Trinajstić information content (AvgIpc) is 3.21. The third-order valence-electron chi connectivity index (χ3n) is 4.76. The van der Waals surface area contributed by atoms with Crippen LogP contribution in [-0.2, 0) is 11.8 Å². The van der Waals surface area contributed by atoms with Gasteiger partial charge in [0.1, 0.15) is 29.1 Å². The predicted molar refractivity (Wildman–Crippen MR) is 115 cm³/mol. The molecule has 3 rings (SSSR count). The van der Waals surface area contributed by atoms with Gasteiger partial charge in [-0.2, -0.15) is 0 Å². The molecule has 0 spiro atoms. The number of methoxy groups -OCH3 is 2. The predicted octanol–water partition coefficient (Wildman–Crippen LogP) is 2.92. The number of carbonyl (C=O) groups is 2. The van der Waals surface area contributed by atoms with Gasteiger partial charge in [-0.1, -0.05) is 0 Å². The Bertz CT molecular complexity index is 1040. The number of rotatable bonds is 9. The van der Waals surface area contributed by atoms with Crippen LogP contribution in [0.3, 0.4) is 0 Å². The topological polar surface area (TPSA) is 91.7 Å². The van der Waals surface area contributed by atoms with Crippen LogP contribution in [-0.4, -0.2) is 42.1 Å². The van der Waals surface area contributed by atoms with Crippen LogP contribution < -0.4 is 19.5 Å². The fourth-order valence-electron chi connectivity index (χ4n) is 3.09. The maximum Gasteiger partial charge on any atom is 0.258 e. The molecule has 0 radical (unpaired) electrons. The number of hydrogen-bond acceptors (Lipinski definition) is 6. The summed E-state index contributed by atoms with van der Waals surface area (Å²) in [5.41, 5.74) is 1.34. The number of ether oxygens (including phenoxy) is 3. The molecule has 0 aliphatic carbocycles. The molecular weight excluding hydrogens is 398 g/mol. The van der Waals surface area contributed by atoms with Crippen molar-refractivity contribution in [3.63, 3.8) is 0 Å². The molecule has 0 bridgehead atoms. The van der Waals surface area contributed by atoms with Crippen molar-refractivity contribution in [2.75, 3.05) is 20.8 Å². The summed E-state index contributed by atoms with van der Waals surface area (Å²) in [5, 5.41) is 2.97. The minimum absolute atomic E-state index is 0.0316. The third kappa shape index (κ3) is 5.42. The van der Waals surface area contributed by atoms with E-state index in [0.29, 0.717) is 28.6 Å². The van der Waals surface area contributed by atoms with E-state index >= 15 is 0 Å². The number of nitrogens with zero attached hydrogens (tertiary/aromatic N) is 2. The van der Waals surface area contributed by atoms with Crippen molar-refractivity contribution in [2.45, 2.75) is 13.0 Å². The molecular formula is C23H25N3O5.